The molecule has 10 heteroatoms. The third kappa shape index (κ3) is 4.83. The number of thiophene rings is 1. The van der Waals surface area contributed by atoms with Gasteiger partial charge in [-0.1, -0.05) is 39.9 Å². The van der Waals surface area contributed by atoms with Crippen LogP contribution < -0.4 is 15.6 Å². The van der Waals surface area contributed by atoms with E-state index < -0.39 is 10.7 Å². The molecule has 1 atom stereocenters. The molecular weight excluding hydrogens is 475 g/mol. The Bertz CT molecular complexity index is 1360. The monoisotopic (exact) mass is 490 g/mol. The number of nitrogens with one attached hydrogen (secondary N) is 2. The van der Waals surface area contributed by atoms with Crippen LogP contribution in [0.15, 0.2) is 69.9 Å². The van der Waals surface area contributed by atoms with E-state index in [1.807, 2.05) is 24.4 Å². The van der Waals surface area contributed by atoms with Gasteiger partial charge in [-0.25, -0.2) is 9.78 Å². The molecule has 2 N–H and O–H groups in total. The van der Waals surface area contributed by atoms with Crippen LogP contribution in [0.2, 0.25) is 9.36 Å². The SMILES string of the molecule is C/C=S(/NC(=O)Nc1ccc(-n2ccc3ccc(Cl)cc3c2=O)nc1)c1ccc(Cl)s1. The molecule has 0 saturated carbocycles. The summed E-state index contributed by atoms with van der Waals surface area (Å²) in [6.07, 6.45) is 3.16. The highest BCUT2D eigenvalue weighted by Crippen LogP contribution is 2.32. The second-order valence-corrected chi connectivity index (χ2v) is 10.5. The molecule has 3 aromatic heterocycles. The standard InChI is InChI=1S/C21H16Cl2N4O2S2/c1-2-31(19-8-6-17(23)30-19)26-21(29)25-15-5-7-18(24-12-15)27-10-9-13-3-4-14(22)11-16(13)20(27)28/h2-12H,1H3,(H2,25,26,29). The van der Waals surface area contributed by atoms with E-state index in [1.54, 1.807) is 42.6 Å². The van der Waals surface area contributed by atoms with Crippen LogP contribution in [0.3, 0.4) is 0 Å². The maximum absolute atomic E-state index is 12.8. The first-order chi connectivity index (χ1) is 14.9. The summed E-state index contributed by atoms with van der Waals surface area (Å²) >= 11 is 13.4. The summed E-state index contributed by atoms with van der Waals surface area (Å²) in [7, 11) is -0.560. The number of halogens is 2. The van der Waals surface area contributed by atoms with Gasteiger partial charge < -0.3 is 5.32 Å². The average molecular weight is 491 g/mol. The zero-order valence-corrected chi connectivity index (χ0v) is 19.3. The minimum Gasteiger partial charge on any atom is -0.306 e. The fraction of sp³-hybridized carbons (Fsp3) is 0.0476. The van der Waals surface area contributed by atoms with E-state index in [1.165, 1.54) is 22.1 Å². The number of amides is 2. The van der Waals surface area contributed by atoms with Crippen molar-refractivity contribution in [3.05, 3.63) is 80.6 Å². The number of carbonyl (C=O) groups excluding carboxylic acids is 1. The van der Waals surface area contributed by atoms with Crippen LogP contribution >= 0.6 is 45.2 Å². The fourth-order valence-electron chi connectivity index (χ4n) is 2.89. The number of benzene rings is 1. The summed E-state index contributed by atoms with van der Waals surface area (Å²) in [5.74, 6) is 0.438. The highest BCUT2D eigenvalue weighted by atomic mass is 35.5. The van der Waals surface area contributed by atoms with Crippen molar-refractivity contribution in [2.75, 3.05) is 5.32 Å². The summed E-state index contributed by atoms with van der Waals surface area (Å²) in [6.45, 7) is 1.88. The Morgan fingerprint density at radius 2 is 2.00 bits per heavy atom. The van der Waals surface area contributed by atoms with Crippen molar-refractivity contribution in [2.45, 2.75) is 11.1 Å². The molecule has 1 unspecified atom stereocenters. The number of nitrogens with zero attached hydrogens (tertiary/aromatic N) is 2. The Hall–Kier alpha value is -2.65. The number of urea groups is 1. The number of hydrogen-bond acceptors (Lipinski definition) is 4. The molecule has 0 fully saturated rings. The molecule has 1 aromatic carbocycles. The number of anilines is 1. The van der Waals surface area contributed by atoms with E-state index >= 15 is 0 Å². The second-order valence-electron chi connectivity index (χ2n) is 6.32. The zero-order chi connectivity index (χ0) is 22.0. The molecule has 0 bridgehead atoms. The number of aromatic nitrogens is 2. The molecule has 6 nitrogen and oxygen atoms in total. The topological polar surface area (TPSA) is 76.0 Å². The van der Waals surface area contributed by atoms with Crippen molar-refractivity contribution >= 4 is 73.1 Å². The first-order valence-corrected chi connectivity index (χ1v) is 11.9. The molecule has 2 amide bonds. The molecule has 31 heavy (non-hydrogen) atoms. The van der Waals surface area contributed by atoms with Crippen LogP contribution in [0.5, 0.6) is 0 Å². The number of hydrogen-bond donors (Lipinski definition) is 2. The van der Waals surface area contributed by atoms with Crippen LogP contribution in [0.25, 0.3) is 16.6 Å². The predicted octanol–water partition coefficient (Wildman–Crippen LogP) is 5.94. The van der Waals surface area contributed by atoms with E-state index in [9.17, 15) is 9.59 Å². The first kappa shape index (κ1) is 21.6. The molecule has 4 aromatic rings. The third-order valence-electron chi connectivity index (χ3n) is 4.32. The van der Waals surface area contributed by atoms with Crippen LogP contribution in [-0.4, -0.2) is 20.9 Å². The van der Waals surface area contributed by atoms with Gasteiger partial charge in [-0.2, -0.15) is 0 Å². The maximum atomic E-state index is 12.8. The molecule has 0 aliphatic heterocycles. The summed E-state index contributed by atoms with van der Waals surface area (Å²) in [4.78, 5) is 29.5. The largest absolute Gasteiger partial charge is 0.329 e. The molecule has 4 rings (SSSR count). The van der Waals surface area contributed by atoms with Gasteiger partial charge in [0.25, 0.3) is 5.56 Å². The van der Waals surface area contributed by atoms with Crippen molar-refractivity contribution in [2.24, 2.45) is 0 Å². The van der Waals surface area contributed by atoms with E-state index in [0.717, 1.165) is 9.60 Å². The lowest BCUT2D eigenvalue weighted by molar-refractivity contribution is 0.257. The van der Waals surface area contributed by atoms with Gasteiger partial charge in [-0.3, -0.25) is 14.1 Å². The fourth-order valence-corrected chi connectivity index (χ4v) is 5.94. The molecule has 0 radical (unpaired) electrons. The van der Waals surface area contributed by atoms with E-state index in [-0.39, 0.29) is 11.6 Å². The Labute approximate surface area is 194 Å². The van der Waals surface area contributed by atoms with Gasteiger partial charge in [-0.05, 0) is 60.1 Å². The lowest BCUT2D eigenvalue weighted by Gasteiger charge is -2.11. The molecule has 0 saturated heterocycles. The normalized spacial score (nSPS) is 12.1. The van der Waals surface area contributed by atoms with Gasteiger partial charge in [0, 0.05) is 16.6 Å². The predicted molar refractivity (Wildman–Crippen MR) is 131 cm³/mol. The van der Waals surface area contributed by atoms with Crippen LogP contribution in [0.4, 0.5) is 10.5 Å². The van der Waals surface area contributed by atoms with Crippen molar-refractivity contribution < 1.29 is 4.79 Å². The molecule has 0 aliphatic rings. The van der Waals surface area contributed by atoms with Crippen LogP contribution in [0.1, 0.15) is 6.92 Å². The molecule has 0 aliphatic carbocycles. The summed E-state index contributed by atoms with van der Waals surface area (Å²) in [5, 5.41) is 6.46. The Kier molecular flexibility index (Phi) is 6.43. The van der Waals surface area contributed by atoms with Gasteiger partial charge in [0.2, 0.25) is 0 Å². The minimum absolute atomic E-state index is 0.219. The van der Waals surface area contributed by atoms with Gasteiger partial charge in [0.15, 0.2) is 0 Å². The van der Waals surface area contributed by atoms with Crippen molar-refractivity contribution in [1.82, 2.24) is 14.3 Å². The molecule has 158 valence electrons. The number of pyridine rings is 2. The van der Waals surface area contributed by atoms with E-state index in [0.29, 0.717) is 26.3 Å². The Morgan fingerprint density at radius 3 is 2.68 bits per heavy atom. The van der Waals surface area contributed by atoms with E-state index in [2.05, 4.69) is 15.0 Å². The molecule has 3 heterocycles. The quantitative estimate of drug-likeness (QED) is 0.347. The number of rotatable bonds is 4. The third-order valence-corrected chi connectivity index (χ3v) is 7.82. The first-order valence-electron chi connectivity index (χ1n) is 9.07. The second kappa shape index (κ2) is 9.23. The van der Waals surface area contributed by atoms with Crippen molar-refractivity contribution in [3.8, 4) is 5.82 Å². The van der Waals surface area contributed by atoms with E-state index in [4.69, 9.17) is 23.2 Å². The summed E-state index contributed by atoms with van der Waals surface area (Å²) < 4.78 is 5.97. The highest BCUT2D eigenvalue weighted by molar-refractivity contribution is 8.15. The number of fused-ring (bicyclic) bond motifs is 1. The lowest BCUT2D eigenvalue weighted by Crippen LogP contribution is -2.24. The van der Waals surface area contributed by atoms with Crippen molar-refractivity contribution in [3.63, 3.8) is 0 Å². The lowest BCUT2D eigenvalue weighted by atomic mass is 10.2. The maximum Gasteiger partial charge on any atom is 0.329 e. The molecular formula is C21H16Cl2N4O2S2. The summed E-state index contributed by atoms with van der Waals surface area (Å²) in [5.41, 5.74) is 0.282. The van der Waals surface area contributed by atoms with Crippen molar-refractivity contribution in [1.29, 1.82) is 0 Å². The highest BCUT2D eigenvalue weighted by Gasteiger charge is 2.10. The van der Waals surface area contributed by atoms with Crippen LogP contribution in [0, 0.1) is 0 Å². The van der Waals surface area contributed by atoms with Gasteiger partial charge in [0.1, 0.15) is 5.82 Å². The van der Waals surface area contributed by atoms with Gasteiger partial charge in [-0.15, -0.1) is 11.3 Å². The Balaban J connectivity index is 1.51. The van der Waals surface area contributed by atoms with Gasteiger partial charge >= 0.3 is 6.03 Å². The number of carbonyl (C=O) groups is 1. The zero-order valence-electron chi connectivity index (χ0n) is 16.1. The minimum atomic E-state index is -0.560. The summed E-state index contributed by atoms with van der Waals surface area (Å²) in [6, 6.07) is 13.7. The smallest absolute Gasteiger partial charge is 0.306 e. The van der Waals surface area contributed by atoms with Gasteiger partial charge in [0.05, 0.1) is 20.4 Å². The Morgan fingerprint density at radius 1 is 1.16 bits per heavy atom. The molecule has 0 spiro atoms. The van der Waals surface area contributed by atoms with Crippen LogP contribution in [-0.2, 0) is 0 Å². The average Bonchev–Trinajstić information content (AvgIpc) is 3.19.